The van der Waals surface area contributed by atoms with Crippen molar-refractivity contribution in [3.05, 3.63) is 98.2 Å². The van der Waals surface area contributed by atoms with Gasteiger partial charge in [-0.05, 0) is 11.1 Å². The first-order chi connectivity index (χ1) is 12.4. The van der Waals surface area contributed by atoms with Crippen LogP contribution in [0.25, 0.3) is 0 Å². The highest BCUT2D eigenvalue weighted by Crippen LogP contribution is 2.29. The number of Topliss-reactive ketones (excluding diaryl/α,β-unsaturated/α-hetero) is 1. The van der Waals surface area contributed by atoms with Crippen LogP contribution in [0.4, 0.5) is 0 Å². The Kier molecular flexibility index (Phi) is 4.58. The third kappa shape index (κ3) is 2.86. The summed E-state index contributed by atoms with van der Waals surface area (Å²) in [5.41, 5.74) is -0.516. The van der Waals surface area contributed by atoms with Crippen LogP contribution in [0.3, 0.4) is 0 Å². The molecule has 0 unspecified atom stereocenters. The van der Waals surface area contributed by atoms with E-state index in [2.05, 4.69) is 0 Å². The zero-order valence-electron chi connectivity index (χ0n) is 14.4. The number of aromatic nitrogens is 2. The number of rotatable bonds is 4. The molecule has 6 nitrogen and oxygen atoms in total. The highest BCUT2D eigenvalue weighted by atomic mass is 16.3. The Morgan fingerprint density at radius 2 is 1.31 bits per heavy atom. The molecule has 0 spiro atoms. The summed E-state index contributed by atoms with van der Waals surface area (Å²) in [6.45, 7) is 0. The average Bonchev–Trinajstić information content (AvgIpc) is 2.67. The average molecular weight is 350 g/mol. The third-order valence-electron chi connectivity index (χ3n) is 4.41. The van der Waals surface area contributed by atoms with E-state index in [0.29, 0.717) is 11.1 Å². The summed E-state index contributed by atoms with van der Waals surface area (Å²) in [6, 6.07) is 18.0. The summed E-state index contributed by atoms with van der Waals surface area (Å²) in [7, 11) is 2.59. The van der Waals surface area contributed by atoms with E-state index in [-0.39, 0.29) is 0 Å². The van der Waals surface area contributed by atoms with E-state index in [4.69, 9.17) is 0 Å². The fourth-order valence-corrected chi connectivity index (χ4v) is 2.98. The summed E-state index contributed by atoms with van der Waals surface area (Å²) < 4.78 is 1.71. The number of hydrogen-bond donors (Lipinski definition) is 1. The smallest absolute Gasteiger partial charge is 0.333 e. The predicted molar refractivity (Wildman–Crippen MR) is 97.6 cm³/mol. The summed E-state index contributed by atoms with van der Waals surface area (Å²) >= 11 is 0. The maximum absolute atomic E-state index is 13.3. The van der Waals surface area contributed by atoms with E-state index in [1.54, 1.807) is 48.5 Å². The van der Waals surface area contributed by atoms with Gasteiger partial charge in [-0.2, -0.15) is 0 Å². The Labute approximate surface area is 149 Å². The lowest BCUT2D eigenvalue weighted by molar-refractivity contribution is 0.0967. The molecule has 6 heteroatoms. The normalized spacial score (nSPS) is 10.9. The van der Waals surface area contributed by atoms with Crippen LogP contribution in [-0.2, 0) is 14.1 Å². The van der Waals surface area contributed by atoms with Gasteiger partial charge in [0.05, 0.1) is 5.92 Å². The van der Waals surface area contributed by atoms with Crippen molar-refractivity contribution in [3.8, 4) is 5.88 Å². The molecule has 0 bridgehead atoms. The van der Waals surface area contributed by atoms with Crippen molar-refractivity contribution < 1.29 is 9.90 Å². The summed E-state index contributed by atoms with van der Waals surface area (Å²) in [5, 5.41) is 10.3. The minimum atomic E-state index is -0.813. The van der Waals surface area contributed by atoms with Gasteiger partial charge >= 0.3 is 5.69 Å². The molecule has 0 aliphatic carbocycles. The molecule has 0 radical (unpaired) electrons. The van der Waals surface area contributed by atoms with Crippen LogP contribution < -0.4 is 11.2 Å². The van der Waals surface area contributed by atoms with E-state index >= 15 is 0 Å². The van der Waals surface area contributed by atoms with Crippen molar-refractivity contribution in [1.82, 2.24) is 9.13 Å². The van der Waals surface area contributed by atoms with Gasteiger partial charge in [0.1, 0.15) is 5.56 Å². The Morgan fingerprint density at radius 1 is 0.846 bits per heavy atom. The molecule has 1 aromatic heterocycles. The van der Waals surface area contributed by atoms with E-state index in [9.17, 15) is 19.5 Å². The minimum absolute atomic E-state index is 0.396. The SMILES string of the molecule is Cn1c(O)c(C(=O)C(c2ccccc2)c2ccccc2)c(=O)n(C)c1=O. The van der Waals surface area contributed by atoms with Crippen LogP contribution in [-0.4, -0.2) is 20.0 Å². The first-order valence-corrected chi connectivity index (χ1v) is 8.06. The second-order valence-electron chi connectivity index (χ2n) is 6.02. The summed E-state index contributed by atoms with van der Waals surface area (Å²) in [4.78, 5) is 37.8. The molecule has 26 heavy (non-hydrogen) atoms. The van der Waals surface area contributed by atoms with Gasteiger partial charge in [-0.1, -0.05) is 60.7 Å². The van der Waals surface area contributed by atoms with Crippen LogP contribution in [0.15, 0.2) is 70.3 Å². The molecule has 0 amide bonds. The molecule has 3 aromatic rings. The van der Waals surface area contributed by atoms with Crippen molar-refractivity contribution >= 4 is 5.78 Å². The quantitative estimate of drug-likeness (QED) is 0.728. The number of carbonyl (C=O) groups excluding carboxylic acids is 1. The van der Waals surface area contributed by atoms with Gasteiger partial charge in [0, 0.05) is 14.1 Å². The standard InChI is InChI=1S/C20H18N2O4/c1-21-18(24)16(19(25)22(2)20(21)26)17(23)15(13-9-5-3-6-10-13)14-11-7-4-8-12-14/h3-12,15,24H,1-2H3. The maximum atomic E-state index is 13.3. The first-order valence-electron chi connectivity index (χ1n) is 8.06. The van der Waals surface area contributed by atoms with E-state index in [1.165, 1.54) is 14.1 Å². The summed E-state index contributed by atoms with van der Waals surface area (Å²) in [5.74, 6) is -1.95. The topological polar surface area (TPSA) is 81.3 Å². The van der Waals surface area contributed by atoms with Crippen LogP contribution in [0.2, 0.25) is 0 Å². The predicted octanol–water partition coefficient (Wildman–Crippen LogP) is 1.80. The molecule has 132 valence electrons. The lowest BCUT2D eigenvalue weighted by Crippen LogP contribution is -2.40. The van der Waals surface area contributed by atoms with Gasteiger partial charge in [-0.25, -0.2) is 4.79 Å². The molecule has 0 fully saturated rings. The zero-order valence-corrected chi connectivity index (χ0v) is 14.4. The largest absolute Gasteiger partial charge is 0.494 e. The lowest BCUT2D eigenvalue weighted by Gasteiger charge is -2.18. The van der Waals surface area contributed by atoms with E-state index in [1.807, 2.05) is 12.1 Å². The molecule has 2 aromatic carbocycles. The molecule has 0 aliphatic heterocycles. The number of aromatic hydroxyl groups is 1. The first kappa shape index (κ1) is 17.4. The Bertz CT molecular complexity index is 1030. The van der Waals surface area contributed by atoms with Gasteiger partial charge in [-0.15, -0.1) is 0 Å². The molecular weight excluding hydrogens is 332 g/mol. The molecule has 1 heterocycles. The lowest BCUT2D eigenvalue weighted by atomic mass is 9.85. The van der Waals surface area contributed by atoms with Gasteiger partial charge in [-0.3, -0.25) is 18.7 Å². The van der Waals surface area contributed by atoms with Crippen molar-refractivity contribution in [2.24, 2.45) is 14.1 Å². The van der Waals surface area contributed by atoms with Crippen LogP contribution >= 0.6 is 0 Å². The van der Waals surface area contributed by atoms with Crippen LogP contribution in [0.5, 0.6) is 5.88 Å². The Hall–Kier alpha value is -3.41. The maximum Gasteiger partial charge on any atom is 0.333 e. The second-order valence-corrected chi connectivity index (χ2v) is 6.02. The van der Waals surface area contributed by atoms with Crippen molar-refractivity contribution in [1.29, 1.82) is 0 Å². The number of benzene rings is 2. The van der Waals surface area contributed by atoms with E-state index < -0.39 is 34.4 Å². The highest BCUT2D eigenvalue weighted by Gasteiger charge is 2.30. The van der Waals surface area contributed by atoms with Crippen molar-refractivity contribution in [3.63, 3.8) is 0 Å². The molecule has 0 saturated carbocycles. The zero-order chi connectivity index (χ0) is 18.8. The van der Waals surface area contributed by atoms with E-state index in [0.717, 1.165) is 9.13 Å². The van der Waals surface area contributed by atoms with Gasteiger partial charge < -0.3 is 5.11 Å². The molecule has 1 N–H and O–H groups in total. The van der Waals surface area contributed by atoms with Crippen molar-refractivity contribution in [2.45, 2.75) is 5.92 Å². The Balaban J connectivity index is 2.26. The number of hydrogen-bond acceptors (Lipinski definition) is 4. The minimum Gasteiger partial charge on any atom is -0.494 e. The second kappa shape index (κ2) is 6.84. The monoisotopic (exact) mass is 350 g/mol. The molecule has 3 rings (SSSR count). The van der Waals surface area contributed by atoms with Crippen LogP contribution in [0.1, 0.15) is 27.4 Å². The number of ketones is 1. The summed E-state index contributed by atoms with van der Waals surface area (Å²) in [6.07, 6.45) is 0. The Morgan fingerprint density at radius 3 is 1.77 bits per heavy atom. The number of nitrogens with zero attached hydrogens (tertiary/aromatic N) is 2. The molecule has 0 atom stereocenters. The van der Waals surface area contributed by atoms with Gasteiger partial charge in [0.2, 0.25) is 5.88 Å². The van der Waals surface area contributed by atoms with Gasteiger partial charge in [0.25, 0.3) is 5.56 Å². The molecule has 0 saturated heterocycles. The molecular formula is C20H18N2O4. The third-order valence-corrected chi connectivity index (χ3v) is 4.41. The van der Waals surface area contributed by atoms with Crippen molar-refractivity contribution in [2.75, 3.05) is 0 Å². The molecule has 0 aliphatic rings. The fourth-order valence-electron chi connectivity index (χ4n) is 2.98. The highest BCUT2D eigenvalue weighted by molar-refractivity contribution is 6.04. The van der Waals surface area contributed by atoms with Crippen LogP contribution in [0, 0.1) is 0 Å². The fraction of sp³-hybridized carbons (Fsp3) is 0.150. The number of carbonyl (C=O) groups is 1. The van der Waals surface area contributed by atoms with Gasteiger partial charge in [0.15, 0.2) is 5.78 Å².